The third kappa shape index (κ3) is 5.20. The van der Waals surface area contributed by atoms with Gasteiger partial charge in [0.25, 0.3) is 5.91 Å². The Kier molecular flexibility index (Phi) is 5.99. The SMILES string of the molecule is Cc1ccc(NC(=O)C[NH+](C)Cc2ccc(Cl)c(Cl)c2)c(F)c1. The van der Waals surface area contributed by atoms with Gasteiger partial charge in [-0.1, -0.05) is 35.3 Å². The zero-order chi connectivity index (χ0) is 17.0. The lowest BCUT2D eigenvalue weighted by Crippen LogP contribution is -3.08. The predicted molar refractivity (Wildman–Crippen MR) is 91.7 cm³/mol. The van der Waals surface area contributed by atoms with Crippen molar-refractivity contribution >= 4 is 34.8 Å². The zero-order valence-electron chi connectivity index (χ0n) is 12.9. The predicted octanol–water partition coefficient (Wildman–Crippen LogP) is 3.09. The molecule has 0 radical (unpaired) electrons. The number of anilines is 1. The van der Waals surface area contributed by atoms with Crippen LogP contribution in [-0.2, 0) is 11.3 Å². The lowest BCUT2D eigenvalue weighted by Gasteiger charge is -2.14. The fraction of sp³-hybridized carbons (Fsp3) is 0.235. The Hall–Kier alpha value is -1.62. The molecule has 0 aliphatic carbocycles. The second-order valence-corrected chi connectivity index (χ2v) is 6.40. The van der Waals surface area contributed by atoms with E-state index in [-0.39, 0.29) is 18.1 Å². The van der Waals surface area contributed by atoms with E-state index in [1.807, 2.05) is 13.1 Å². The first-order valence-electron chi connectivity index (χ1n) is 7.16. The minimum atomic E-state index is -0.430. The van der Waals surface area contributed by atoms with E-state index in [1.165, 1.54) is 6.07 Å². The van der Waals surface area contributed by atoms with Crippen molar-refractivity contribution in [2.24, 2.45) is 0 Å². The number of quaternary nitrogens is 1. The number of hydrogen-bond acceptors (Lipinski definition) is 1. The Balaban J connectivity index is 1.92. The van der Waals surface area contributed by atoms with Gasteiger partial charge in [-0.15, -0.1) is 0 Å². The Labute approximate surface area is 145 Å². The van der Waals surface area contributed by atoms with Gasteiger partial charge < -0.3 is 10.2 Å². The molecule has 1 atom stereocenters. The fourth-order valence-corrected chi connectivity index (χ4v) is 2.57. The van der Waals surface area contributed by atoms with Crippen molar-refractivity contribution in [3.05, 3.63) is 63.4 Å². The number of hydrogen-bond donors (Lipinski definition) is 2. The number of halogens is 3. The number of aryl methyl sites for hydroxylation is 1. The number of benzene rings is 2. The average molecular weight is 356 g/mol. The molecule has 23 heavy (non-hydrogen) atoms. The highest BCUT2D eigenvalue weighted by Gasteiger charge is 2.13. The number of carbonyl (C=O) groups is 1. The molecule has 2 aromatic carbocycles. The van der Waals surface area contributed by atoms with E-state index in [0.29, 0.717) is 16.6 Å². The van der Waals surface area contributed by atoms with Gasteiger partial charge >= 0.3 is 0 Å². The van der Waals surface area contributed by atoms with Gasteiger partial charge in [-0.05, 0) is 36.8 Å². The van der Waals surface area contributed by atoms with Gasteiger partial charge in [0, 0.05) is 5.56 Å². The molecule has 122 valence electrons. The number of carbonyl (C=O) groups excluding carboxylic acids is 1. The lowest BCUT2D eigenvalue weighted by molar-refractivity contribution is -0.885. The highest BCUT2D eigenvalue weighted by atomic mass is 35.5. The maximum Gasteiger partial charge on any atom is 0.279 e. The Bertz CT molecular complexity index is 722. The molecule has 3 nitrogen and oxygen atoms in total. The Morgan fingerprint density at radius 3 is 2.57 bits per heavy atom. The molecule has 1 unspecified atom stereocenters. The van der Waals surface area contributed by atoms with Crippen LogP contribution in [-0.4, -0.2) is 19.5 Å². The van der Waals surface area contributed by atoms with E-state index in [9.17, 15) is 9.18 Å². The van der Waals surface area contributed by atoms with Crippen molar-refractivity contribution in [2.45, 2.75) is 13.5 Å². The summed E-state index contributed by atoms with van der Waals surface area (Å²) in [5, 5.41) is 3.58. The number of amides is 1. The van der Waals surface area contributed by atoms with E-state index in [2.05, 4.69) is 5.32 Å². The van der Waals surface area contributed by atoms with Gasteiger partial charge in [-0.25, -0.2) is 4.39 Å². The molecule has 2 aromatic rings. The summed E-state index contributed by atoms with van der Waals surface area (Å²) in [6, 6.07) is 10.1. The molecule has 0 heterocycles. The lowest BCUT2D eigenvalue weighted by atomic mass is 10.2. The van der Waals surface area contributed by atoms with Crippen molar-refractivity contribution in [3.63, 3.8) is 0 Å². The highest BCUT2D eigenvalue weighted by Crippen LogP contribution is 2.22. The highest BCUT2D eigenvalue weighted by molar-refractivity contribution is 6.42. The van der Waals surface area contributed by atoms with Gasteiger partial charge in [0.1, 0.15) is 12.4 Å². The van der Waals surface area contributed by atoms with Crippen molar-refractivity contribution in [1.82, 2.24) is 0 Å². The molecule has 2 N–H and O–H groups in total. The second-order valence-electron chi connectivity index (χ2n) is 5.59. The molecule has 1 amide bonds. The molecule has 0 spiro atoms. The zero-order valence-corrected chi connectivity index (χ0v) is 14.4. The van der Waals surface area contributed by atoms with Crippen LogP contribution in [0.25, 0.3) is 0 Å². The molecule has 0 aliphatic heterocycles. The first kappa shape index (κ1) is 17.7. The van der Waals surface area contributed by atoms with Crippen molar-refractivity contribution < 1.29 is 14.1 Å². The standard InChI is InChI=1S/C17H17Cl2FN2O/c1-11-3-6-16(15(20)7-11)21-17(23)10-22(2)9-12-4-5-13(18)14(19)8-12/h3-8H,9-10H2,1-2H3,(H,21,23)/p+1. The van der Waals surface area contributed by atoms with E-state index >= 15 is 0 Å². The summed E-state index contributed by atoms with van der Waals surface area (Å²) in [5.74, 6) is -0.675. The summed E-state index contributed by atoms with van der Waals surface area (Å²) in [6.07, 6.45) is 0. The Morgan fingerprint density at radius 2 is 1.91 bits per heavy atom. The smallest absolute Gasteiger partial charge is 0.279 e. The van der Waals surface area contributed by atoms with Crippen LogP contribution in [0, 0.1) is 12.7 Å². The van der Waals surface area contributed by atoms with Crippen LogP contribution in [0.2, 0.25) is 10.0 Å². The summed E-state index contributed by atoms with van der Waals surface area (Å²) in [7, 11) is 1.88. The normalized spacial score (nSPS) is 12.0. The molecule has 0 aliphatic rings. The third-order valence-electron chi connectivity index (χ3n) is 3.35. The third-order valence-corrected chi connectivity index (χ3v) is 4.09. The van der Waals surface area contributed by atoms with Crippen LogP contribution >= 0.6 is 23.2 Å². The molecule has 0 saturated carbocycles. The minimum Gasteiger partial charge on any atom is -0.326 e. The van der Waals surface area contributed by atoms with E-state index < -0.39 is 5.82 Å². The molecule has 0 fully saturated rings. The summed E-state index contributed by atoms with van der Waals surface area (Å²) in [5.41, 5.74) is 1.98. The topological polar surface area (TPSA) is 33.5 Å². The van der Waals surface area contributed by atoms with Crippen molar-refractivity contribution in [3.8, 4) is 0 Å². The van der Waals surface area contributed by atoms with Crippen LogP contribution in [0.1, 0.15) is 11.1 Å². The monoisotopic (exact) mass is 355 g/mol. The first-order chi connectivity index (χ1) is 10.8. The maximum absolute atomic E-state index is 13.7. The van der Waals surface area contributed by atoms with Crippen molar-refractivity contribution in [2.75, 3.05) is 18.9 Å². The Morgan fingerprint density at radius 1 is 1.17 bits per heavy atom. The average Bonchev–Trinajstić information content (AvgIpc) is 2.46. The summed E-state index contributed by atoms with van der Waals surface area (Å²) in [6.45, 7) is 2.62. The fourth-order valence-electron chi connectivity index (χ4n) is 2.25. The number of rotatable bonds is 5. The number of nitrogens with one attached hydrogen (secondary N) is 2. The summed E-state index contributed by atoms with van der Waals surface area (Å²) >= 11 is 11.9. The number of likely N-dealkylation sites (N-methyl/N-ethyl adjacent to an activating group) is 1. The molecular formula is C17H18Cl2FN2O+. The van der Waals surface area contributed by atoms with Gasteiger partial charge in [-0.2, -0.15) is 0 Å². The molecular weight excluding hydrogens is 338 g/mol. The first-order valence-corrected chi connectivity index (χ1v) is 7.92. The molecule has 0 bridgehead atoms. The van der Waals surface area contributed by atoms with Gasteiger partial charge in [0.2, 0.25) is 0 Å². The van der Waals surface area contributed by atoms with Crippen LogP contribution in [0.5, 0.6) is 0 Å². The van der Waals surface area contributed by atoms with Crippen molar-refractivity contribution in [1.29, 1.82) is 0 Å². The maximum atomic E-state index is 13.7. The molecule has 2 rings (SSSR count). The van der Waals surface area contributed by atoms with Gasteiger partial charge in [0.05, 0.1) is 22.8 Å². The summed E-state index contributed by atoms with van der Waals surface area (Å²) < 4.78 is 13.7. The molecule has 0 saturated heterocycles. The minimum absolute atomic E-state index is 0.197. The quantitative estimate of drug-likeness (QED) is 0.848. The van der Waals surface area contributed by atoms with Crippen LogP contribution in [0.15, 0.2) is 36.4 Å². The van der Waals surface area contributed by atoms with Gasteiger partial charge in [0.15, 0.2) is 6.54 Å². The van der Waals surface area contributed by atoms with E-state index in [4.69, 9.17) is 23.2 Å². The molecule has 6 heteroatoms. The molecule has 0 aromatic heterocycles. The van der Waals surface area contributed by atoms with Crippen LogP contribution in [0.3, 0.4) is 0 Å². The van der Waals surface area contributed by atoms with E-state index in [1.54, 1.807) is 31.2 Å². The van der Waals surface area contributed by atoms with E-state index in [0.717, 1.165) is 16.0 Å². The van der Waals surface area contributed by atoms with Gasteiger partial charge in [-0.3, -0.25) is 4.79 Å². The van der Waals surface area contributed by atoms with Crippen LogP contribution < -0.4 is 10.2 Å². The second kappa shape index (κ2) is 7.77. The van der Waals surface area contributed by atoms with Crippen LogP contribution in [0.4, 0.5) is 10.1 Å². The summed E-state index contributed by atoms with van der Waals surface area (Å²) in [4.78, 5) is 13.0. The largest absolute Gasteiger partial charge is 0.326 e.